The molecule has 7 heteroatoms. The zero-order chi connectivity index (χ0) is 15.4. The molecular weight excluding hydrogens is 283 g/mol. The zero-order valence-corrected chi connectivity index (χ0v) is 12.6. The predicted molar refractivity (Wildman–Crippen MR) is 75.3 cm³/mol. The van der Waals surface area contributed by atoms with E-state index in [9.17, 15) is 17.6 Å². The second-order valence-electron chi connectivity index (χ2n) is 5.26. The Morgan fingerprint density at radius 3 is 2.30 bits per heavy atom. The number of hydrogen-bond acceptors (Lipinski definition) is 3. The van der Waals surface area contributed by atoms with Crippen LogP contribution >= 0.6 is 0 Å². The summed E-state index contributed by atoms with van der Waals surface area (Å²) in [7, 11) is -3.38. The van der Waals surface area contributed by atoms with Crippen LogP contribution < -0.4 is 10.0 Å². The Hall–Kier alpha value is -1.47. The van der Waals surface area contributed by atoms with E-state index in [-0.39, 0.29) is 17.8 Å². The predicted octanol–water partition coefficient (Wildman–Crippen LogP) is 0.769. The molecule has 0 radical (unpaired) electrons. The van der Waals surface area contributed by atoms with Gasteiger partial charge in [0.05, 0.1) is 12.8 Å². The van der Waals surface area contributed by atoms with Gasteiger partial charge in [0.1, 0.15) is 5.82 Å². The third-order valence-corrected chi connectivity index (χ3v) is 3.52. The molecule has 0 aliphatic heterocycles. The molecule has 1 aromatic carbocycles. The average molecular weight is 302 g/mol. The van der Waals surface area contributed by atoms with E-state index in [0.29, 0.717) is 6.54 Å². The first-order valence-corrected chi connectivity index (χ1v) is 7.97. The SMILES string of the molecule is CC(C)(CNC(=O)CNS(C)(=O)=O)c1ccc(F)cc1. The molecule has 0 fully saturated rings. The number of amides is 1. The summed E-state index contributed by atoms with van der Waals surface area (Å²) in [5.41, 5.74) is 0.504. The van der Waals surface area contributed by atoms with Crippen molar-refractivity contribution < 1.29 is 17.6 Å². The van der Waals surface area contributed by atoms with Gasteiger partial charge in [0, 0.05) is 12.0 Å². The van der Waals surface area contributed by atoms with Crippen LogP contribution in [-0.2, 0) is 20.2 Å². The van der Waals surface area contributed by atoms with Gasteiger partial charge in [-0.2, -0.15) is 0 Å². The molecule has 0 bridgehead atoms. The van der Waals surface area contributed by atoms with E-state index in [2.05, 4.69) is 10.0 Å². The fourth-order valence-electron chi connectivity index (χ4n) is 1.58. The molecule has 1 aromatic rings. The summed E-state index contributed by atoms with van der Waals surface area (Å²) in [4.78, 5) is 11.5. The number of halogens is 1. The van der Waals surface area contributed by atoms with Crippen LogP contribution in [-0.4, -0.2) is 33.7 Å². The van der Waals surface area contributed by atoms with Crippen LogP contribution in [0, 0.1) is 5.82 Å². The highest BCUT2D eigenvalue weighted by atomic mass is 32.2. The molecule has 0 saturated heterocycles. The summed E-state index contributed by atoms with van der Waals surface area (Å²) in [6, 6.07) is 6.06. The van der Waals surface area contributed by atoms with E-state index < -0.39 is 15.9 Å². The first-order valence-electron chi connectivity index (χ1n) is 6.07. The Morgan fingerprint density at radius 2 is 1.80 bits per heavy atom. The van der Waals surface area contributed by atoms with Crippen LogP contribution in [0.25, 0.3) is 0 Å². The van der Waals surface area contributed by atoms with Crippen molar-refractivity contribution in [2.45, 2.75) is 19.3 Å². The molecule has 0 aromatic heterocycles. The average Bonchev–Trinajstić information content (AvgIpc) is 2.34. The number of benzene rings is 1. The van der Waals surface area contributed by atoms with Crippen molar-refractivity contribution in [2.75, 3.05) is 19.3 Å². The van der Waals surface area contributed by atoms with E-state index in [4.69, 9.17) is 0 Å². The Kier molecular flexibility index (Phi) is 5.24. The second kappa shape index (κ2) is 6.32. The molecule has 0 saturated carbocycles. The second-order valence-corrected chi connectivity index (χ2v) is 7.09. The molecule has 0 aliphatic rings. The number of hydrogen-bond donors (Lipinski definition) is 2. The molecule has 0 heterocycles. The summed E-state index contributed by atoms with van der Waals surface area (Å²) < 4.78 is 36.7. The standard InChI is InChI=1S/C13H19FN2O3S/c1-13(2,10-4-6-11(14)7-5-10)9-15-12(17)8-16-20(3,18)19/h4-7,16H,8-9H2,1-3H3,(H,15,17). The smallest absolute Gasteiger partial charge is 0.235 e. The normalized spacial score (nSPS) is 12.2. The quantitative estimate of drug-likeness (QED) is 0.815. The minimum atomic E-state index is -3.38. The fourth-order valence-corrected chi connectivity index (χ4v) is 1.98. The highest BCUT2D eigenvalue weighted by Crippen LogP contribution is 2.22. The maximum Gasteiger partial charge on any atom is 0.235 e. The van der Waals surface area contributed by atoms with E-state index in [0.717, 1.165) is 11.8 Å². The molecular formula is C13H19FN2O3S. The highest BCUT2D eigenvalue weighted by Gasteiger charge is 2.21. The third-order valence-electron chi connectivity index (χ3n) is 2.85. The van der Waals surface area contributed by atoms with Gasteiger partial charge in [0.2, 0.25) is 15.9 Å². The van der Waals surface area contributed by atoms with Gasteiger partial charge in [-0.05, 0) is 17.7 Å². The van der Waals surface area contributed by atoms with Crippen LogP contribution in [0.15, 0.2) is 24.3 Å². The van der Waals surface area contributed by atoms with Crippen LogP contribution in [0.2, 0.25) is 0 Å². The van der Waals surface area contributed by atoms with E-state index in [1.807, 2.05) is 13.8 Å². The lowest BCUT2D eigenvalue weighted by atomic mass is 9.84. The molecule has 0 atom stereocenters. The Morgan fingerprint density at radius 1 is 1.25 bits per heavy atom. The lowest BCUT2D eigenvalue weighted by Crippen LogP contribution is -2.41. The Labute approximate surface area is 118 Å². The first kappa shape index (κ1) is 16.6. The van der Waals surface area contributed by atoms with Gasteiger partial charge in [-0.1, -0.05) is 26.0 Å². The topological polar surface area (TPSA) is 75.3 Å². The van der Waals surface area contributed by atoms with Gasteiger partial charge in [-0.3, -0.25) is 4.79 Å². The molecule has 0 spiro atoms. The van der Waals surface area contributed by atoms with Gasteiger partial charge >= 0.3 is 0 Å². The van der Waals surface area contributed by atoms with Crippen molar-refractivity contribution in [1.29, 1.82) is 0 Å². The summed E-state index contributed by atoms with van der Waals surface area (Å²) in [5, 5.41) is 2.65. The summed E-state index contributed by atoms with van der Waals surface area (Å²) in [5.74, 6) is -0.725. The minimum absolute atomic E-state index is 0.293. The number of nitrogens with one attached hydrogen (secondary N) is 2. The van der Waals surface area contributed by atoms with Crippen molar-refractivity contribution in [1.82, 2.24) is 10.0 Å². The zero-order valence-electron chi connectivity index (χ0n) is 11.7. The van der Waals surface area contributed by atoms with E-state index in [1.54, 1.807) is 12.1 Å². The van der Waals surface area contributed by atoms with Crippen molar-refractivity contribution in [3.63, 3.8) is 0 Å². The van der Waals surface area contributed by atoms with Crippen LogP contribution in [0.3, 0.4) is 0 Å². The summed E-state index contributed by atoms with van der Waals surface area (Å²) in [6.45, 7) is 3.84. The minimum Gasteiger partial charge on any atom is -0.354 e. The van der Waals surface area contributed by atoms with Gasteiger partial charge in [0.15, 0.2) is 0 Å². The Balaban J connectivity index is 2.55. The monoisotopic (exact) mass is 302 g/mol. The Bertz CT molecular complexity index is 568. The fraction of sp³-hybridized carbons (Fsp3) is 0.462. The summed E-state index contributed by atoms with van der Waals surface area (Å²) in [6.07, 6.45) is 0.989. The maximum atomic E-state index is 12.9. The first-order chi connectivity index (χ1) is 9.10. The number of sulfonamides is 1. The highest BCUT2D eigenvalue weighted by molar-refractivity contribution is 7.88. The third kappa shape index (κ3) is 5.66. The molecule has 0 aliphatic carbocycles. The van der Waals surface area contributed by atoms with Crippen molar-refractivity contribution in [3.8, 4) is 0 Å². The molecule has 0 unspecified atom stereocenters. The maximum absolute atomic E-state index is 12.9. The van der Waals surface area contributed by atoms with Crippen molar-refractivity contribution in [3.05, 3.63) is 35.6 Å². The lowest BCUT2D eigenvalue weighted by Gasteiger charge is -2.25. The molecule has 1 rings (SSSR count). The van der Waals surface area contributed by atoms with Gasteiger partial charge < -0.3 is 5.32 Å². The number of carbonyl (C=O) groups excluding carboxylic acids is 1. The molecule has 2 N–H and O–H groups in total. The molecule has 1 amide bonds. The van der Waals surface area contributed by atoms with Crippen molar-refractivity contribution in [2.24, 2.45) is 0 Å². The number of carbonyl (C=O) groups is 1. The largest absolute Gasteiger partial charge is 0.354 e. The van der Waals surface area contributed by atoms with Gasteiger partial charge in [-0.25, -0.2) is 17.5 Å². The number of rotatable bonds is 6. The van der Waals surface area contributed by atoms with Gasteiger partial charge in [0.25, 0.3) is 0 Å². The van der Waals surface area contributed by atoms with Crippen LogP contribution in [0.4, 0.5) is 4.39 Å². The van der Waals surface area contributed by atoms with E-state index >= 15 is 0 Å². The summed E-state index contributed by atoms with van der Waals surface area (Å²) >= 11 is 0. The lowest BCUT2D eigenvalue weighted by molar-refractivity contribution is -0.120. The van der Waals surface area contributed by atoms with Crippen molar-refractivity contribution >= 4 is 15.9 Å². The molecule has 20 heavy (non-hydrogen) atoms. The van der Waals surface area contributed by atoms with Gasteiger partial charge in [-0.15, -0.1) is 0 Å². The van der Waals surface area contributed by atoms with Crippen LogP contribution in [0.1, 0.15) is 19.4 Å². The van der Waals surface area contributed by atoms with E-state index in [1.165, 1.54) is 12.1 Å². The van der Waals surface area contributed by atoms with Crippen LogP contribution in [0.5, 0.6) is 0 Å². The molecule has 112 valence electrons. The molecule has 5 nitrogen and oxygen atoms in total.